The van der Waals surface area contributed by atoms with E-state index in [0.717, 1.165) is 12.0 Å². The van der Waals surface area contributed by atoms with Crippen molar-refractivity contribution in [2.45, 2.75) is 45.8 Å². The summed E-state index contributed by atoms with van der Waals surface area (Å²) in [6, 6.07) is 10.6. The van der Waals surface area contributed by atoms with Crippen molar-refractivity contribution in [2.75, 3.05) is 0 Å². The number of aromatic nitrogens is 1. The van der Waals surface area contributed by atoms with Gasteiger partial charge in [0.2, 0.25) is 5.88 Å². The van der Waals surface area contributed by atoms with Crippen LogP contribution in [0, 0.1) is 6.92 Å². The molecule has 0 aliphatic carbocycles. The minimum Gasteiger partial charge on any atom is -0.439 e. The normalized spacial score (nSPS) is 11.9. The van der Waals surface area contributed by atoms with Crippen molar-refractivity contribution in [1.29, 1.82) is 0 Å². The zero-order valence-corrected chi connectivity index (χ0v) is 15.2. The molecule has 2 rings (SSSR count). The number of benzene rings is 1. The van der Waals surface area contributed by atoms with E-state index >= 15 is 0 Å². The molecule has 0 saturated carbocycles. The molecule has 0 saturated heterocycles. The molecular weight excluding hydrogens is 317 g/mol. The van der Waals surface area contributed by atoms with Gasteiger partial charge in [0, 0.05) is 17.3 Å². The Morgan fingerprint density at radius 3 is 2.48 bits per heavy atom. The number of aldehydes is 1. The Morgan fingerprint density at radius 1 is 1.16 bits per heavy atom. The molecule has 0 unspecified atom stereocenters. The predicted octanol–water partition coefficient (Wildman–Crippen LogP) is 2.81. The lowest BCUT2D eigenvalue weighted by Crippen LogP contribution is -2.49. The van der Waals surface area contributed by atoms with Crippen LogP contribution in [-0.4, -0.2) is 35.1 Å². The molecule has 6 heteroatoms. The Labute approximate surface area is 149 Å². The molecule has 0 atom stereocenters. The van der Waals surface area contributed by atoms with E-state index < -0.39 is 11.2 Å². The summed E-state index contributed by atoms with van der Waals surface area (Å²) in [5.74, 6) is 0.979. The fourth-order valence-electron chi connectivity index (χ4n) is 1.88. The molecule has 1 heterocycles. The zero-order valence-electron chi connectivity index (χ0n) is 15.2. The smallest absolute Gasteiger partial charge is 0.331 e. The lowest BCUT2D eigenvalue weighted by atomic mass is 9.80. The number of hydrogen-bond donors (Lipinski definition) is 1. The first-order chi connectivity index (χ1) is 11.6. The first-order valence-electron chi connectivity index (χ1n) is 8.06. The van der Waals surface area contributed by atoms with Crippen molar-refractivity contribution in [2.24, 2.45) is 0 Å². The molecule has 0 amide bonds. The summed E-state index contributed by atoms with van der Waals surface area (Å²) in [5, 5.41) is 10.1. The SMILES string of the molecule is Cc1cccc(Oc2ccc([B]OC(C)(C)C(C)(C)O)c(C=O)c2)n1. The number of hydrogen-bond acceptors (Lipinski definition) is 5. The van der Waals surface area contributed by atoms with Crippen LogP contribution in [0.2, 0.25) is 0 Å². The van der Waals surface area contributed by atoms with Crippen LogP contribution in [0.25, 0.3) is 0 Å². The summed E-state index contributed by atoms with van der Waals surface area (Å²) in [4.78, 5) is 15.7. The van der Waals surface area contributed by atoms with Crippen LogP contribution in [0.5, 0.6) is 11.6 Å². The summed E-state index contributed by atoms with van der Waals surface area (Å²) < 4.78 is 11.4. The van der Waals surface area contributed by atoms with Crippen LogP contribution in [0.1, 0.15) is 43.7 Å². The van der Waals surface area contributed by atoms with E-state index in [-0.39, 0.29) is 0 Å². The van der Waals surface area contributed by atoms with Crippen molar-refractivity contribution in [1.82, 2.24) is 4.98 Å². The Morgan fingerprint density at radius 2 is 1.88 bits per heavy atom. The van der Waals surface area contributed by atoms with Gasteiger partial charge in [0.1, 0.15) is 12.0 Å². The average molecular weight is 340 g/mol. The van der Waals surface area contributed by atoms with Crippen LogP contribution in [0.3, 0.4) is 0 Å². The minimum absolute atomic E-state index is 0.427. The zero-order chi connectivity index (χ0) is 18.7. The van der Waals surface area contributed by atoms with Crippen LogP contribution >= 0.6 is 0 Å². The Hall–Kier alpha value is -2.18. The molecule has 5 nitrogen and oxygen atoms in total. The van der Waals surface area contributed by atoms with Crippen LogP contribution in [-0.2, 0) is 4.65 Å². The maximum Gasteiger partial charge on any atom is 0.331 e. The van der Waals surface area contributed by atoms with Crippen LogP contribution < -0.4 is 10.2 Å². The third-order valence-corrected chi connectivity index (χ3v) is 4.22. The van der Waals surface area contributed by atoms with E-state index in [1.54, 1.807) is 52.0 Å². The van der Waals surface area contributed by atoms with Gasteiger partial charge in [0.25, 0.3) is 0 Å². The fraction of sp³-hybridized carbons (Fsp3) is 0.368. The van der Waals surface area contributed by atoms with E-state index in [0.29, 0.717) is 22.7 Å². The molecule has 2 aromatic rings. The van der Waals surface area contributed by atoms with Crippen molar-refractivity contribution >= 4 is 19.2 Å². The molecule has 1 aromatic heterocycles. The highest BCUT2D eigenvalue weighted by atomic mass is 16.5. The number of aryl methyl sites for hydroxylation is 1. The van der Waals surface area contributed by atoms with Gasteiger partial charge in [-0.25, -0.2) is 4.98 Å². The Kier molecular flexibility index (Phi) is 5.65. The van der Waals surface area contributed by atoms with Gasteiger partial charge in [-0.1, -0.05) is 12.1 Å². The molecule has 1 radical (unpaired) electrons. The highest BCUT2D eigenvalue weighted by molar-refractivity contribution is 6.49. The predicted molar refractivity (Wildman–Crippen MR) is 97.7 cm³/mol. The van der Waals surface area contributed by atoms with E-state index in [9.17, 15) is 9.90 Å². The second-order valence-electron chi connectivity index (χ2n) is 6.93. The number of carbonyl (C=O) groups excluding carboxylic acids is 1. The number of carbonyl (C=O) groups is 1. The Bertz CT molecular complexity index is 753. The molecule has 0 fully saturated rings. The number of aliphatic hydroxyl groups is 1. The van der Waals surface area contributed by atoms with Gasteiger partial charge < -0.3 is 14.5 Å². The lowest BCUT2D eigenvalue weighted by Gasteiger charge is -2.37. The third-order valence-electron chi connectivity index (χ3n) is 4.22. The molecule has 0 aliphatic rings. The summed E-state index contributed by atoms with van der Waals surface area (Å²) in [5.41, 5.74) is 0.0346. The first kappa shape index (κ1) is 19.2. The van der Waals surface area contributed by atoms with E-state index in [2.05, 4.69) is 4.98 Å². The highest BCUT2D eigenvalue weighted by Gasteiger charge is 2.35. The molecule has 131 valence electrons. The largest absolute Gasteiger partial charge is 0.439 e. The van der Waals surface area contributed by atoms with Crippen molar-refractivity contribution in [3.8, 4) is 11.6 Å². The van der Waals surface area contributed by atoms with Crippen LogP contribution in [0.4, 0.5) is 0 Å². The van der Waals surface area contributed by atoms with E-state index in [1.165, 1.54) is 7.48 Å². The second kappa shape index (κ2) is 7.37. The highest BCUT2D eigenvalue weighted by Crippen LogP contribution is 2.25. The molecule has 1 N–H and O–H groups in total. The number of nitrogens with zero attached hydrogens (tertiary/aromatic N) is 1. The summed E-state index contributed by atoms with van der Waals surface area (Å²) in [6.45, 7) is 8.79. The van der Waals surface area contributed by atoms with Gasteiger partial charge in [-0.05, 0) is 58.3 Å². The lowest BCUT2D eigenvalue weighted by molar-refractivity contribution is -0.0893. The van der Waals surface area contributed by atoms with Gasteiger partial charge in [-0.3, -0.25) is 4.79 Å². The Balaban J connectivity index is 2.15. The maximum absolute atomic E-state index is 11.4. The molecular formula is C19H23BNO4. The standard InChI is InChI=1S/C19H23BNO4/c1-13-7-6-8-17(21-13)24-15-9-10-16(14(11-15)12-22)20-25-19(4,5)18(2,3)23/h6-12,23H,1-5H3. The first-order valence-corrected chi connectivity index (χ1v) is 8.06. The topological polar surface area (TPSA) is 68.7 Å². The molecule has 1 aromatic carbocycles. The maximum atomic E-state index is 11.4. The van der Waals surface area contributed by atoms with Gasteiger partial charge in [-0.15, -0.1) is 0 Å². The molecule has 25 heavy (non-hydrogen) atoms. The fourth-order valence-corrected chi connectivity index (χ4v) is 1.88. The summed E-state index contributed by atoms with van der Waals surface area (Å²) >= 11 is 0. The van der Waals surface area contributed by atoms with Gasteiger partial charge in [-0.2, -0.15) is 0 Å². The number of ether oxygens (including phenoxy) is 1. The van der Waals surface area contributed by atoms with Gasteiger partial charge in [0.15, 0.2) is 0 Å². The minimum atomic E-state index is -1.04. The number of rotatable bonds is 7. The quantitative estimate of drug-likeness (QED) is 0.620. The summed E-state index contributed by atoms with van der Waals surface area (Å²) in [7, 11) is 1.48. The van der Waals surface area contributed by atoms with Gasteiger partial charge >= 0.3 is 7.48 Å². The number of pyridine rings is 1. The average Bonchev–Trinajstić information content (AvgIpc) is 2.52. The molecule has 0 spiro atoms. The van der Waals surface area contributed by atoms with Crippen molar-refractivity contribution in [3.05, 3.63) is 47.7 Å². The van der Waals surface area contributed by atoms with Crippen molar-refractivity contribution in [3.63, 3.8) is 0 Å². The van der Waals surface area contributed by atoms with Gasteiger partial charge in [0.05, 0.1) is 11.2 Å². The van der Waals surface area contributed by atoms with Crippen molar-refractivity contribution < 1.29 is 19.3 Å². The molecule has 0 bridgehead atoms. The molecule has 0 aliphatic heterocycles. The monoisotopic (exact) mass is 340 g/mol. The van der Waals surface area contributed by atoms with Crippen LogP contribution in [0.15, 0.2) is 36.4 Å². The van der Waals surface area contributed by atoms with E-state index in [1.807, 2.05) is 19.1 Å². The second-order valence-corrected chi connectivity index (χ2v) is 6.93. The summed E-state index contributed by atoms with van der Waals surface area (Å²) in [6.07, 6.45) is 0.739. The third kappa shape index (κ3) is 4.90. The van der Waals surface area contributed by atoms with E-state index in [4.69, 9.17) is 9.39 Å².